The van der Waals surface area contributed by atoms with E-state index in [0.717, 1.165) is 6.26 Å². The number of nitrogens with two attached hydrogens (primary N) is 1. The molecule has 114 valence electrons. The van der Waals surface area contributed by atoms with E-state index in [1.54, 1.807) is 0 Å². The molecule has 0 unspecified atom stereocenters. The zero-order valence-electron chi connectivity index (χ0n) is 11.3. The number of nitrogen functional groups attached to an aromatic ring is 1. The summed E-state index contributed by atoms with van der Waals surface area (Å²) in [4.78, 5) is 0.0166. The Bertz CT molecular complexity index is 668. The molecule has 0 heterocycles. The van der Waals surface area contributed by atoms with Crippen LogP contribution in [0, 0.1) is 0 Å². The van der Waals surface area contributed by atoms with E-state index in [9.17, 15) is 16.8 Å². The third kappa shape index (κ3) is 4.99. The first-order valence-electron chi connectivity index (χ1n) is 5.76. The summed E-state index contributed by atoms with van der Waals surface area (Å²) in [6.45, 7) is 0.0437. The Hall–Kier alpha value is -1.32. The molecule has 0 spiro atoms. The molecule has 1 aromatic rings. The Morgan fingerprint density at radius 3 is 2.45 bits per heavy atom. The first-order valence-corrected chi connectivity index (χ1v) is 9.31. The molecule has 0 bridgehead atoms. The Labute approximate surface area is 119 Å². The van der Waals surface area contributed by atoms with Crippen molar-refractivity contribution >= 4 is 25.5 Å². The molecule has 7 nitrogen and oxygen atoms in total. The standard InChI is InChI=1S/C11H18N2O5S2/c1-18-11-8-9(4-5-10(11)12)20(16,17)13-6-3-7-19(2,14)15/h4-5,8,13H,3,6-7,12H2,1-2H3. The molecule has 0 atom stereocenters. The minimum absolute atomic E-state index is 0.0166. The van der Waals surface area contributed by atoms with Crippen molar-refractivity contribution in [1.29, 1.82) is 0 Å². The summed E-state index contributed by atoms with van der Waals surface area (Å²) in [5.41, 5.74) is 5.94. The van der Waals surface area contributed by atoms with Crippen LogP contribution in [-0.4, -0.2) is 42.5 Å². The van der Waals surface area contributed by atoms with Crippen LogP contribution in [0.2, 0.25) is 0 Å². The van der Waals surface area contributed by atoms with E-state index < -0.39 is 19.9 Å². The van der Waals surface area contributed by atoms with Gasteiger partial charge in [-0.2, -0.15) is 0 Å². The highest BCUT2D eigenvalue weighted by Gasteiger charge is 2.15. The maximum Gasteiger partial charge on any atom is 0.240 e. The number of ether oxygens (including phenoxy) is 1. The predicted octanol–water partition coefficient (Wildman–Crippen LogP) is -0.00960. The van der Waals surface area contributed by atoms with E-state index in [2.05, 4.69) is 4.72 Å². The highest BCUT2D eigenvalue weighted by Crippen LogP contribution is 2.24. The molecule has 0 fully saturated rings. The highest BCUT2D eigenvalue weighted by atomic mass is 32.2. The van der Waals surface area contributed by atoms with E-state index in [0.29, 0.717) is 5.69 Å². The average Bonchev–Trinajstić information content (AvgIpc) is 2.34. The van der Waals surface area contributed by atoms with Crippen molar-refractivity contribution < 1.29 is 21.6 Å². The molecule has 0 aliphatic heterocycles. The lowest BCUT2D eigenvalue weighted by Crippen LogP contribution is -2.26. The summed E-state index contributed by atoms with van der Waals surface area (Å²) in [6, 6.07) is 4.11. The molecule has 20 heavy (non-hydrogen) atoms. The van der Waals surface area contributed by atoms with Crippen LogP contribution in [0.5, 0.6) is 5.75 Å². The minimum atomic E-state index is -3.71. The zero-order chi connectivity index (χ0) is 15.4. The number of hydrogen-bond donors (Lipinski definition) is 2. The largest absolute Gasteiger partial charge is 0.495 e. The molecule has 0 aliphatic carbocycles. The van der Waals surface area contributed by atoms with Gasteiger partial charge in [0.05, 0.1) is 23.4 Å². The number of methoxy groups -OCH3 is 1. The van der Waals surface area contributed by atoms with E-state index in [4.69, 9.17) is 10.5 Å². The first kappa shape index (κ1) is 16.7. The molecule has 0 aliphatic rings. The van der Waals surface area contributed by atoms with E-state index in [-0.39, 0.29) is 29.4 Å². The summed E-state index contributed by atoms with van der Waals surface area (Å²) in [6.07, 6.45) is 1.32. The SMILES string of the molecule is COc1cc(S(=O)(=O)NCCCS(C)(=O)=O)ccc1N. The van der Waals surface area contributed by atoms with Crippen LogP contribution < -0.4 is 15.2 Å². The summed E-state index contributed by atoms with van der Waals surface area (Å²) in [5, 5.41) is 0. The molecule has 0 saturated heterocycles. The molecule has 0 amide bonds. The van der Waals surface area contributed by atoms with Crippen molar-refractivity contribution in [3.05, 3.63) is 18.2 Å². The second-order valence-corrected chi connectivity index (χ2v) is 8.31. The Morgan fingerprint density at radius 2 is 1.90 bits per heavy atom. The maximum absolute atomic E-state index is 12.0. The van der Waals surface area contributed by atoms with Crippen LogP contribution in [0.1, 0.15) is 6.42 Å². The second kappa shape index (κ2) is 6.42. The molecule has 1 rings (SSSR count). The van der Waals surface area contributed by atoms with Crippen molar-refractivity contribution in [2.45, 2.75) is 11.3 Å². The number of rotatable bonds is 7. The molecular weight excluding hydrogens is 304 g/mol. The van der Waals surface area contributed by atoms with Crippen LogP contribution in [-0.2, 0) is 19.9 Å². The lowest BCUT2D eigenvalue weighted by atomic mass is 10.3. The van der Waals surface area contributed by atoms with Gasteiger partial charge in [0.1, 0.15) is 15.6 Å². The van der Waals surface area contributed by atoms with Gasteiger partial charge in [0.15, 0.2) is 0 Å². The Balaban J connectivity index is 2.74. The van der Waals surface area contributed by atoms with Gasteiger partial charge in [-0.1, -0.05) is 0 Å². The molecule has 0 radical (unpaired) electrons. The van der Waals surface area contributed by atoms with Crippen LogP contribution in [0.4, 0.5) is 5.69 Å². The van der Waals surface area contributed by atoms with Gasteiger partial charge in [0.2, 0.25) is 10.0 Å². The monoisotopic (exact) mass is 322 g/mol. The third-order valence-electron chi connectivity index (χ3n) is 2.50. The molecule has 0 saturated carbocycles. The molecule has 3 N–H and O–H groups in total. The van der Waals surface area contributed by atoms with Crippen molar-refractivity contribution in [2.24, 2.45) is 0 Å². The summed E-state index contributed by atoms with van der Waals surface area (Å²) in [7, 11) is -5.41. The van der Waals surface area contributed by atoms with Gasteiger partial charge in [0.25, 0.3) is 0 Å². The van der Waals surface area contributed by atoms with Crippen molar-refractivity contribution in [1.82, 2.24) is 4.72 Å². The van der Waals surface area contributed by atoms with Crippen molar-refractivity contribution in [3.63, 3.8) is 0 Å². The van der Waals surface area contributed by atoms with Gasteiger partial charge in [-0.25, -0.2) is 21.6 Å². The summed E-state index contributed by atoms with van der Waals surface area (Å²) in [5.74, 6) is 0.199. The molecule has 1 aromatic carbocycles. The number of anilines is 1. The molecule has 0 aromatic heterocycles. The third-order valence-corrected chi connectivity index (χ3v) is 4.99. The minimum Gasteiger partial charge on any atom is -0.495 e. The van der Waals surface area contributed by atoms with Crippen molar-refractivity contribution in [2.75, 3.05) is 31.4 Å². The predicted molar refractivity (Wildman–Crippen MR) is 76.9 cm³/mol. The lowest BCUT2D eigenvalue weighted by Gasteiger charge is -2.09. The maximum atomic E-state index is 12.0. The fraction of sp³-hybridized carbons (Fsp3) is 0.455. The van der Waals surface area contributed by atoms with Gasteiger partial charge in [-0.15, -0.1) is 0 Å². The number of hydrogen-bond acceptors (Lipinski definition) is 6. The second-order valence-electron chi connectivity index (χ2n) is 4.28. The number of benzene rings is 1. The summed E-state index contributed by atoms with van der Waals surface area (Å²) < 4.78 is 53.1. The van der Waals surface area contributed by atoms with Crippen LogP contribution in [0.15, 0.2) is 23.1 Å². The van der Waals surface area contributed by atoms with E-state index >= 15 is 0 Å². The number of sulfone groups is 1. The van der Waals surface area contributed by atoms with Crippen LogP contribution in [0.3, 0.4) is 0 Å². The molecule has 9 heteroatoms. The fourth-order valence-electron chi connectivity index (χ4n) is 1.48. The highest BCUT2D eigenvalue weighted by molar-refractivity contribution is 7.90. The number of nitrogens with one attached hydrogen (secondary N) is 1. The number of sulfonamides is 1. The van der Waals surface area contributed by atoms with Crippen LogP contribution in [0.25, 0.3) is 0 Å². The lowest BCUT2D eigenvalue weighted by molar-refractivity contribution is 0.415. The van der Waals surface area contributed by atoms with Gasteiger partial charge in [-0.05, 0) is 18.6 Å². The quantitative estimate of drug-likeness (QED) is 0.539. The van der Waals surface area contributed by atoms with E-state index in [1.807, 2.05) is 0 Å². The van der Waals surface area contributed by atoms with Crippen LogP contribution >= 0.6 is 0 Å². The topological polar surface area (TPSA) is 116 Å². The van der Waals surface area contributed by atoms with Gasteiger partial charge >= 0.3 is 0 Å². The Morgan fingerprint density at radius 1 is 1.25 bits per heavy atom. The normalized spacial score (nSPS) is 12.3. The fourth-order valence-corrected chi connectivity index (χ4v) is 3.24. The average molecular weight is 322 g/mol. The Kier molecular flexibility index (Phi) is 5.37. The van der Waals surface area contributed by atoms with E-state index in [1.165, 1.54) is 25.3 Å². The van der Waals surface area contributed by atoms with Gasteiger partial charge < -0.3 is 10.5 Å². The first-order chi connectivity index (χ1) is 9.15. The van der Waals surface area contributed by atoms with Crippen molar-refractivity contribution in [3.8, 4) is 5.75 Å². The summed E-state index contributed by atoms with van der Waals surface area (Å²) >= 11 is 0. The van der Waals surface area contributed by atoms with Gasteiger partial charge in [0, 0.05) is 18.9 Å². The smallest absolute Gasteiger partial charge is 0.240 e. The van der Waals surface area contributed by atoms with Gasteiger partial charge in [-0.3, -0.25) is 0 Å². The molecular formula is C11H18N2O5S2. The zero-order valence-corrected chi connectivity index (χ0v) is 12.9.